The van der Waals surface area contributed by atoms with Crippen molar-refractivity contribution in [2.45, 2.75) is 0 Å². The molecule has 0 unspecified atom stereocenters. The fraction of sp³-hybridized carbons (Fsp3) is 0.250. The maximum absolute atomic E-state index is 12.9. The molecule has 3 amide bonds. The summed E-state index contributed by atoms with van der Waals surface area (Å²) < 4.78 is 0. The van der Waals surface area contributed by atoms with Gasteiger partial charge < -0.3 is 30.0 Å². The van der Waals surface area contributed by atoms with Crippen molar-refractivity contribution < 1.29 is 44.1 Å². The quantitative estimate of drug-likeness (QED) is 0.248. The van der Waals surface area contributed by atoms with Gasteiger partial charge >= 0.3 is 17.9 Å². The number of carboxylic acid groups (broad SMARTS) is 3. The SMILES string of the molecule is CN(C)C(=O)c1nc2c(nc1C(=O)O)c1nc(C(=O)N(C)C)c(C(=O)O)nc1c1nc(C(=O)N(C)C)c(C(=O)O)nc21. The van der Waals surface area contributed by atoms with Crippen LogP contribution in [0.3, 0.4) is 0 Å². The smallest absolute Gasteiger partial charge is 0.357 e. The number of nitrogens with zero attached hydrogens (tertiary/aromatic N) is 9. The third-order valence-corrected chi connectivity index (χ3v) is 5.79. The molecule has 0 aliphatic heterocycles. The van der Waals surface area contributed by atoms with Crippen molar-refractivity contribution in [2.24, 2.45) is 0 Å². The third-order valence-electron chi connectivity index (χ3n) is 5.79. The molecule has 4 aromatic rings. The second-order valence-corrected chi connectivity index (χ2v) is 9.37. The summed E-state index contributed by atoms with van der Waals surface area (Å²) in [5.41, 5.74) is -6.72. The molecule has 0 aliphatic carbocycles. The summed E-state index contributed by atoms with van der Waals surface area (Å²) >= 11 is 0. The molecule has 0 saturated carbocycles. The number of carboxylic acids is 3. The summed E-state index contributed by atoms with van der Waals surface area (Å²) in [6.45, 7) is 0. The lowest BCUT2D eigenvalue weighted by molar-refractivity contribution is 0.0671. The number of benzene rings is 1. The summed E-state index contributed by atoms with van der Waals surface area (Å²) in [5, 5.41) is 29.5. The van der Waals surface area contributed by atoms with Gasteiger partial charge in [-0.1, -0.05) is 0 Å². The van der Waals surface area contributed by atoms with E-state index in [-0.39, 0.29) is 16.6 Å². The molecule has 4 rings (SSSR count). The Morgan fingerprint density at radius 3 is 0.690 bits per heavy atom. The van der Waals surface area contributed by atoms with Gasteiger partial charge in [0.05, 0.1) is 0 Å². The molecular weight excluding hydrogens is 558 g/mol. The van der Waals surface area contributed by atoms with Crippen molar-refractivity contribution in [1.82, 2.24) is 44.6 Å². The highest BCUT2D eigenvalue weighted by Gasteiger charge is 2.31. The van der Waals surface area contributed by atoms with E-state index in [9.17, 15) is 44.1 Å². The van der Waals surface area contributed by atoms with Crippen LogP contribution in [0.5, 0.6) is 0 Å². The first-order chi connectivity index (χ1) is 19.6. The standard InChI is InChI=1S/C24H21N9O9/c1-31(2)19(34)13-16(22(37)38)28-10-7(25-13)11-9(27-14(20(35)32(3)4)17(29-11)23(39)40)12-8(10)26-15(21(36)33(5)6)18(30-12)24(41)42/h1-6H3,(H,37,38)(H,39,40)(H,41,42). The number of fused-ring (bicyclic) bond motifs is 6. The van der Waals surface area contributed by atoms with E-state index in [4.69, 9.17) is 0 Å². The van der Waals surface area contributed by atoms with E-state index in [0.717, 1.165) is 14.7 Å². The van der Waals surface area contributed by atoms with Crippen LogP contribution in [-0.4, -0.2) is 138 Å². The second-order valence-electron chi connectivity index (χ2n) is 9.37. The zero-order valence-corrected chi connectivity index (χ0v) is 22.8. The minimum absolute atomic E-state index is 0.368. The maximum Gasteiger partial charge on any atom is 0.357 e. The molecule has 0 atom stereocenters. The van der Waals surface area contributed by atoms with Crippen molar-refractivity contribution in [3.63, 3.8) is 0 Å². The molecule has 0 bridgehead atoms. The Labute approximate surface area is 234 Å². The number of hydrogen-bond donors (Lipinski definition) is 3. The first-order valence-electron chi connectivity index (χ1n) is 11.7. The van der Waals surface area contributed by atoms with Gasteiger partial charge in [-0.3, -0.25) is 14.4 Å². The highest BCUT2D eigenvalue weighted by molar-refractivity contribution is 6.21. The lowest BCUT2D eigenvalue weighted by Crippen LogP contribution is -2.28. The summed E-state index contributed by atoms with van der Waals surface area (Å²) in [5.74, 6) is -7.62. The molecule has 216 valence electrons. The maximum atomic E-state index is 12.9. The van der Waals surface area contributed by atoms with Gasteiger partial charge in [0, 0.05) is 42.3 Å². The number of aromatic nitrogens is 6. The van der Waals surface area contributed by atoms with Crippen LogP contribution in [-0.2, 0) is 0 Å². The topological polar surface area (TPSA) is 250 Å². The molecule has 0 saturated heterocycles. The number of carbonyl (C=O) groups is 6. The van der Waals surface area contributed by atoms with E-state index >= 15 is 0 Å². The first-order valence-corrected chi connectivity index (χ1v) is 11.7. The largest absolute Gasteiger partial charge is 0.476 e. The zero-order chi connectivity index (χ0) is 31.4. The van der Waals surface area contributed by atoms with Crippen molar-refractivity contribution in [3.8, 4) is 0 Å². The van der Waals surface area contributed by atoms with Crippen molar-refractivity contribution in [2.75, 3.05) is 42.3 Å². The molecule has 3 heterocycles. The van der Waals surface area contributed by atoms with Gasteiger partial charge in [0.1, 0.15) is 33.1 Å². The Morgan fingerprint density at radius 1 is 0.381 bits per heavy atom. The Balaban J connectivity index is 2.39. The molecule has 18 nitrogen and oxygen atoms in total. The average molecular weight is 579 g/mol. The van der Waals surface area contributed by atoms with Gasteiger partial charge in [-0.2, -0.15) is 0 Å². The lowest BCUT2D eigenvalue weighted by Gasteiger charge is -2.16. The molecule has 0 radical (unpaired) electrons. The molecule has 1 aromatic carbocycles. The zero-order valence-electron chi connectivity index (χ0n) is 22.8. The monoisotopic (exact) mass is 579 g/mol. The van der Waals surface area contributed by atoms with Crippen LogP contribution < -0.4 is 0 Å². The minimum atomic E-state index is -1.66. The van der Waals surface area contributed by atoms with Crippen LogP contribution in [0.1, 0.15) is 62.9 Å². The Kier molecular flexibility index (Phi) is 7.08. The molecule has 3 aromatic heterocycles. The molecule has 18 heteroatoms. The average Bonchev–Trinajstić information content (AvgIpc) is 2.93. The first kappa shape index (κ1) is 29.1. The van der Waals surface area contributed by atoms with Gasteiger partial charge in [-0.05, 0) is 0 Å². The van der Waals surface area contributed by atoms with Gasteiger partial charge in [-0.25, -0.2) is 44.3 Å². The van der Waals surface area contributed by atoms with Crippen LogP contribution in [0.15, 0.2) is 0 Å². The van der Waals surface area contributed by atoms with Crippen LogP contribution in [0.4, 0.5) is 0 Å². The fourth-order valence-electron chi connectivity index (χ4n) is 3.83. The van der Waals surface area contributed by atoms with Gasteiger partial charge in [-0.15, -0.1) is 0 Å². The highest BCUT2D eigenvalue weighted by Crippen LogP contribution is 2.32. The van der Waals surface area contributed by atoms with E-state index in [2.05, 4.69) is 29.9 Å². The van der Waals surface area contributed by atoms with E-state index in [1.54, 1.807) is 0 Å². The van der Waals surface area contributed by atoms with E-state index < -0.39 is 86.3 Å². The fourth-order valence-corrected chi connectivity index (χ4v) is 3.83. The summed E-state index contributed by atoms with van der Waals surface area (Å²) in [4.78, 5) is 103. The predicted octanol–water partition coefficient (Wildman–Crippen LogP) is -0.284. The predicted molar refractivity (Wildman–Crippen MR) is 141 cm³/mol. The molecule has 0 aliphatic rings. The van der Waals surface area contributed by atoms with Crippen molar-refractivity contribution in [3.05, 3.63) is 34.2 Å². The van der Waals surface area contributed by atoms with E-state index in [0.29, 0.717) is 0 Å². The second kappa shape index (κ2) is 10.2. The van der Waals surface area contributed by atoms with Gasteiger partial charge in [0.15, 0.2) is 34.2 Å². The molecular formula is C24H21N9O9. The van der Waals surface area contributed by atoms with Crippen LogP contribution in [0, 0.1) is 0 Å². The van der Waals surface area contributed by atoms with Crippen molar-refractivity contribution >= 4 is 68.7 Å². The lowest BCUT2D eigenvalue weighted by atomic mass is 10.1. The minimum Gasteiger partial charge on any atom is -0.476 e. The van der Waals surface area contributed by atoms with E-state index in [1.165, 1.54) is 42.3 Å². The summed E-state index contributed by atoms with van der Waals surface area (Å²) in [6.07, 6.45) is 0. The molecule has 42 heavy (non-hydrogen) atoms. The summed E-state index contributed by atoms with van der Waals surface area (Å²) in [7, 11) is 7.99. The van der Waals surface area contributed by atoms with Crippen LogP contribution in [0.2, 0.25) is 0 Å². The third kappa shape index (κ3) is 4.59. The molecule has 3 N–H and O–H groups in total. The number of rotatable bonds is 6. The number of amides is 3. The van der Waals surface area contributed by atoms with E-state index in [1.807, 2.05) is 0 Å². The van der Waals surface area contributed by atoms with Crippen molar-refractivity contribution in [1.29, 1.82) is 0 Å². The number of aromatic carboxylic acids is 3. The molecule has 0 spiro atoms. The molecule has 0 fully saturated rings. The van der Waals surface area contributed by atoms with Gasteiger partial charge in [0.25, 0.3) is 17.7 Å². The Morgan fingerprint density at radius 2 is 0.548 bits per heavy atom. The Hall–Kier alpha value is -5.94. The Bertz CT molecular complexity index is 1670. The summed E-state index contributed by atoms with van der Waals surface area (Å²) in [6, 6.07) is 0. The van der Waals surface area contributed by atoms with Crippen LogP contribution >= 0.6 is 0 Å². The number of hydrogen-bond acceptors (Lipinski definition) is 12. The normalized spacial score (nSPS) is 11.0. The highest BCUT2D eigenvalue weighted by atomic mass is 16.4. The van der Waals surface area contributed by atoms with Gasteiger partial charge in [0.2, 0.25) is 0 Å². The van der Waals surface area contributed by atoms with Crippen LogP contribution in [0.25, 0.3) is 33.1 Å². The number of carbonyl (C=O) groups excluding carboxylic acids is 3.